The average molecular weight is 240 g/mol. The van der Waals surface area contributed by atoms with E-state index in [1.54, 1.807) is 0 Å². The van der Waals surface area contributed by atoms with Crippen molar-refractivity contribution in [1.82, 2.24) is 5.32 Å². The molecule has 1 aliphatic heterocycles. The minimum absolute atomic E-state index is 0.0165. The van der Waals surface area contributed by atoms with Gasteiger partial charge in [-0.05, 0) is 25.7 Å². The van der Waals surface area contributed by atoms with Gasteiger partial charge < -0.3 is 15.8 Å². The third kappa shape index (κ3) is 2.97. The van der Waals surface area contributed by atoms with Crippen molar-refractivity contribution in [2.75, 3.05) is 13.2 Å². The normalized spacial score (nSPS) is 33.3. The summed E-state index contributed by atoms with van der Waals surface area (Å²) in [6.45, 7) is 1.25. The summed E-state index contributed by atoms with van der Waals surface area (Å²) in [5.41, 5.74) is 5.33. The number of carbonyl (C=O) groups is 2. The third-order valence-corrected chi connectivity index (χ3v) is 3.74. The number of nitrogens with two attached hydrogens (primary N) is 1. The van der Waals surface area contributed by atoms with Crippen molar-refractivity contribution < 1.29 is 14.3 Å². The van der Waals surface area contributed by atoms with Gasteiger partial charge in [0.2, 0.25) is 11.8 Å². The number of nitrogens with one attached hydrogen (secondary N) is 1. The molecule has 2 amide bonds. The summed E-state index contributed by atoms with van der Waals surface area (Å²) in [6, 6.07) is -0.0677. The molecule has 1 aliphatic carbocycles. The second-order valence-corrected chi connectivity index (χ2v) is 4.97. The molecule has 3 atom stereocenters. The van der Waals surface area contributed by atoms with E-state index in [0.29, 0.717) is 6.61 Å². The van der Waals surface area contributed by atoms with E-state index in [0.717, 1.165) is 38.7 Å². The van der Waals surface area contributed by atoms with Gasteiger partial charge in [0.15, 0.2) is 0 Å². The van der Waals surface area contributed by atoms with Gasteiger partial charge in [-0.1, -0.05) is 6.42 Å². The van der Waals surface area contributed by atoms with E-state index in [1.807, 2.05) is 0 Å². The number of hydrogen-bond acceptors (Lipinski definition) is 3. The van der Waals surface area contributed by atoms with Crippen molar-refractivity contribution in [2.45, 2.75) is 38.1 Å². The van der Waals surface area contributed by atoms with E-state index in [4.69, 9.17) is 10.5 Å². The summed E-state index contributed by atoms with van der Waals surface area (Å²) < 4.78 is 5.29. The molecule has 0 aromatic heterocycles. The van der Waals surface area contributed by atoms with Crippen LogP contribution in [-0.4, -0.2) is 31.1 Å². The van der Waals surface area contributed by atoms with E-state index in [2.05, 4.69) is 5.32 Å². The van der Waals surface area contributed by atoms with Crippen LogP contribution in [0.3, 0.4) is 0 Å². The first kappa shape index (κ1) is 12.4. The highest BCUT2D eigenvalue weighted by atomic mass is 16.5. The quantitative estimate of drug-likeness (QED) is 0.738. The van der Waals surface area contributed by atoms with Crippen LogP contribution in [0.1, 0.15) is 32.1 Å². The number of carbonyl (C=O) groups excluding carboxylic acids is 2. The van der Waals surface area contributed by atoms with Gasteiger partial charge in [-0.3, -0.25) is 9.59 Å². The molecule has 2 aliphatic rings. The van der Waals surface area contributed by atoms with Crippen LogP contribution in [0.5, 0.6) is 0 Å². The van der Waals surface area contributed by atoms with E-state index >= 15 is 0 Å². The zero-order valence-electron chi connectivity index (χ0n) is 9.98. The fourth-order valence-electron chi connectivity index (χ4n) is 2.72. The topological polar surface area (TPSA) is 81.4 Å². The molecule has 5 heteroatoms. The summed E-state index contributed by atoms with van der Waals surface area (Å²) in [5, 5.41) is 2.96. The molecule has 2 rings (SSSR count). The van der Waals surface area contributed by atoms with Crippen LogP contribution < -0.4 is 11.1 Å². The lowest BCUT2D eigenvalue weighted by Gasteiger charge is -2.25. The highest BCUT2D eigenvalue weighted by Gasteiger charge is 2.34. The summed E-state index contributed by atoms with van der Waals surface area (Å²) >= 11 is 0. The minimum Gasteiger partial charge on any atom is -0.381 e. The molecule has 0 aromatic rings. The molecule has 3 unspecified atom stereocenters. The first-order valence-corrected chi connectivity index (χ1v) is 6.36. The lowest BCUT2D eigenvalue weighted by Crippen LogP contribution is -2.46. The summed E-state index contributed by atoms with van der Waals surface area (Å²) in [5.74, 6) is -0.531. The predicted octanol–water partition coefficient (Wildman–Crippen LogP) is 0.183. The van der Waals surface area contributed by atoms with Crippen LogP contribution >= 0.6 is 0 Å². The number of rotatable bonds is 3. The molecule has 2 fully saturated rings. The van der Waals surface area contributed by atoms with E-state index in [1.165, 1.54) is 0 Å². The van der Waals surface area contributed by atoms with Gasteiger partial charge in [0.1, 0.15) is 0 Å². The lowest BCUT2D eigenvalue weighted by molar-refractivity contribution is -0.130. The third-order valence-electron chi connectivity index (χ3n) is 3.74. The molecule has 0 aromatic carbocycles. The molecule has 0 spiro atoms. The van der Waals surface area contributed by atoms with Gasteiger partial charge in [0.05, 0.1) is 18.4 Å². The first-order valence-electron chi connectivity index (χ1n) is 6.36. The molecule has 1 heterocycles. The standard InChI is InChI=1S/C12H20N2O3/c13-11(15)9-4-1-5-10(9)14-12(16)8-3-2-6-17-7-8/h8-10H,1-7H2,(H2,13,15)(H,14,16). The van der Waals surface area contributed by atoms with Crippen molar-refractivity contribution in [2.24, 2.45) is 17.6 Å². The lowest BCUT2D eigenvalue weighted by atomic mass is 9.98. The second kappa shape index (κ2) is 5.49. The molecule has 0 bridgehead atoms. The first-order chi connectivity index (χ1) is 8.18. The number of ether oxygens (including phenoxy) is 1. The summed E-state index contributed by atoms with van der Waals surface area (Å²) in [6.07, 6.45) is 4.41. The van der Waals surface area contributed by atoms with Gasteiger partial charge in [-0.15, -0.1) is 0 Å². The van der Waals surface area contributed by atoms with Crippen LogP contribution in [0.15, 0.2) is 0 Å². The Hall–Kier alpha value is -1.10. The maximum atomic E-state index is 12.0. The van der Waals surface area contributed by atoms with Crippen LogP contribution in [0.4, 0.5) is 0 Å². The summed E-state index contributed by atoms with van der Waals surface area (Å²) in [4.78, 5) is 23.2. The minimum atomic E-state index is -0.298. The van der Waals surface area contributed by atoms with E-state index in [9.17, 15) is 9.59 Å². The Balaban J connectivity index is 1.86. The van der Waals surface area contributed by atoms with Crippen LogP contribution in [0.2, 0.25) is 0 Å². The van der Waals surface area contributed by atoms with Gasteiger partial charge >= 0.3 is 0 Å². The van der Waals surface area contributed by atoms with Gasteiger partial charge in [0, 0.05) is 12.6 Å². The predicted molar refractivity (Wildman–Crippen MR) is 62.0 cm³/mol. The highest BCUT2D eigenvalue weighted by molar-refractivity contribution is 5.82. The zero-order chi connectivity index (χ0) is 12.3. The van der Waals surface area contributed by atoms with Crippen molar-refractivity contribution >= 4 is 11.8 Å². The van der Waals surface area contributed by atoms with E-state index < -0.39 is 0 Å². The molecule has 96 valence electrons. The zero-order valence-corrected chi connectivity index (χ0v) is 9.98. The molecule has 1 saturated heterocycles. The van der Waals surface area contributed by atoms with Crippen molar-refractivity contribution in [3.63, 3.8) is 0 Å². The smallest absolute Gasteiger partial charge is 0.225 e. The van der Waals surface area contributed by atoms with Crippen molar-refractivity contribution in [3.05, 3.63) is 0 Å². The molecular weight excluding hydrogens is 220 g/mol. The molecule has 5 nitrogen and oxygen atoms in total. The second-order valence-electron chi connectivity index (χ2n) is 4.97. The number of primary amides is 1. The molecule has 0 radical (unpaired) electrons. The van der Waals surface area contributed by atoms with E-state index in [-0.39, 0.29) is 29.7 Å². The average Bonchev–Trinajstić information content (AvgIpc) is 2.78. The highest BCUT2D eigenvalue weighted by Crippen LogP contribution is 2.26. The Morgan fingerprint density at radius 3 is 2.65 bits per heavy atom. The van der Waals surface area contributed by atoms with Crippen LogP contribution in [0.25, 0.3) is 0 Å². The van der Waals surface area contributed by atoms with Gasteiger partial charge in [0.25, 0.3) is 0 Å². The molecule has 3 N–H and O–H groups in total. The molecule has 1 saturated carbocycles. The maximum Gasteiger partial charge on any atom is 0.225 e. The fraction of sp³-hybridized carbons (Fsp3) is 0.833. The Bertz CT molecular complexity index is 300. The largest absolute Gasteiger partial charge is 0.381 e. The molecule has 17 heavy (non-hydrogen) atoms. The van der Waals surface area contributed by atoms with Crippen molar-refractivity contribution in [1.29, 1.82) is 0 Å². The van der Waals surface area contributed by atoms with Crippen LogP contribution in [0, 0.1) is 11.8 Å². The Kier molecular flexibility index (Phi) is 3.99. The number of amides is 2. The molecular formula is C12H20N2O3. The monoisotopic (exact) mass is 240 g/mol. The summed E-state index contributed by atoms with van der Waals surface area (Å²) in [7, 11) is 0. The van der Waals surface area contributed by atoms with Gasteiger partial charge in [-0.25, -0.2) is 0 Å². The Labute approximate surface area is 101 Å². The Morgan fingerprint density at radius 1 is 1.18 bits per heavy atom. The maximum absolute atomic E-state index is 12.0. The van der Waals surface area contributed by atoms with Crippen molar-refractivity contribution in [3.8, 4) is 0 Å². The van der Waals surface area contributed by atoms with Gasteiger partial charge in [-0.2, -0.15) is 0 Å². The fourth-order valence-corrected chi connectivity index (χ4v) is 2.72. The SMILES string of the molecule is NC(=O)C1CCCC1NC(=O)C1CCCOC1. The van der Waals surface area contributed by atoms with Crippen LogP contribution in [-0.2, 0) is 14.3 Å². The number of hydrogen-bond donors (Lipinski definition) is 2. The Morgan fingerprint density at radius 2 is 2.00 bits per heavy atom.